The molecule has 6 nitrogen and oxygen atoms in total. The summed E-state index contributed by atoms with van der Waals surface area (Å²) in [6, 6.07) is 8.49. The second kappa shape index (κ2) is 5.72. The first-order valence-corrected chi connectivity index (χ1v) is 7.35. The van der Waals surface area contributed by atoms with E-state index in [1.54, 1.807) is 11.9 Å². The predicted molar refractivity (Wildman–Crippen MR) is 85.1 cm³/mol. The van der Waals surface area contributed by atoms with Crippen LogP contribution in [0, 0.1) is 0 Å². The molecule has 1 aromatic carbocycles. The minimum absolute atomic E-state index is 0.262. The lowest BCUT2D eigenvalue weighted by Crippen LogP contribution is -2.52. The van der Waals surface area contributed by atoms with E-state index in [1.165, 1.54) is 6.08 Å². The average molecular weight is 311 g/mol. The molecule has 1 unspecified atom stereocenters. The number of para-hydroxylation sites is 1. The summed E-state index contributed by atoms with van der Waals surface area (Å²) in [5.74, 6) is -1.27. The van der Waals surface area contributed by atoms with Crippen LogP contribution in [0.15, 0.2) is 54.4 Å². The van der Waals surface area contributed by atoms with E-state index in [9.17, 15) is 14.4 Å². The third kappa shape index (κ3) is 2.63. The Labute approximate surface area is 134 Å². The number of carbonyl (C=O) groups is 3. The van der Waals surface area contributed by atoms with Gasteiger partial charge in [0.1, 0.15) is 11.7 Å². The van der Waals surface area contributed by atoms with Gasteiger partial charge in [0.15, 0.2) is 0 Å². The van der Waals surface area contributed by atoms with Gasteiger partial charge in [-0.3, -0.25) is 19.3 Å². The number of allylic oxidation sites excluding steroid dienone is 1. The van der Waals surface area contributed by atoms with Gasteiger partial charge >= 0.3 is 0 Å². The average Bonchev–Trinajstić information content (AvgIpc) is 2.83. The van der Waals surface area contributed by atoms with Crippen molar-refractivity contribution >= 4 is 23.4 Å². The van der Waals surface area contributed by atoms with E-state index >= 15 is 0 Å². The molecule has 1 aromatic rings. The minimum Gasteiger partial charge on any atom is -0.340 e. The summed E-state index contributed by atoms with van der Waals surface area (Å²) in [7, 11) is 1.72. The van der Waals surface area contributed by atoms with Crippen LogP contribution in [0.25, 0.3) is 0 Å². The maximum Gasteiger partial charge on any atom is 0.278 e. The molecule has 2 heterocycles. The molecule has 0 bridgehead atoms. The normalized spacial score (nSPS) is 21.3. The van der Waals surface area contributed by atoms with Gasteiger partial charge in [0.25, 0.3) is 11.8 Å². The molecular weight excluding hydrogens is 294 g/mol. The Hall–Kier alpha value is -2.89. The Morgan fingerprint density at radius 3 is 2.57 bits per heavy atom. The number of likely N-dealkylation sites (N-methyl/N-ethyl adjacent to an activating group) is 1. The molecule has 1 N–H and O–H groups in total. The fourth-order valence-electron chi connectivity index (χ4n) is 2.81. The molecule has 6 heteroatoms. The van der Waals surface area contributed by atoms with Gasteiger partial charge < -0.3 is 10.2 Å². The van der Waals surface area contributed by atoms with Gasteiger partial charge in [0, 0.05) is 24.5 Å². The molecule has 3 amide bonds. The maximum absolute atomic E-state index is 12.6. The summed E-state index contributed by atoms with van der Waals surface area (Å²) < 4.78 is 0. The second-order valence-electron chi connectivity index (χ2n) is 5.58. The van der Waals surface area contributed by atoms with Gasteiger partial charge in [-0.2, -0.15) is 0 Å². The van der Waals surface area contributed by atoms with Gasteiger partial charge in [-0.15, -0.1) is 0 Å². The van der Waals surface area contributed by atoms with Crippen LogP contribution in [0.2, 0.25) is 0 Å². The van der Waals surface area contributed by atoms with Crippen LogP contribution in [-0.4, -0.2) is 35.7 Å². The Morgan fingerprint density at radius 2 is 1.91 bits per heavy atom. The van der Waals surface area contributed by atoms with Gasteiger partial charge in [0.2, 0.25) is 5.91 Å². The number of hydrogen-bond donors (Lipinski definition) is 1. The molecule has 0 saturated carbocycles. The van der Waals surface area contributed by atoms with E-state index < -0.39 is 17.9 Å². The summed E-state index contributed by atoms with van der Waals surface area (Å²) in [5, 5.41) is 2.61. The lowest BCUT2D eigenvalue weighted by atomic mass is 10.0. The quantitative estimate of drug-likeness (QED) is 0.851. The number of imide groups is 1. The summed E-state index contributed by atoms with van der Waals surface area (Å²) in [6.07, 6.45) is 2.24. The largest absolute Gasteiger partial charge is 0.340 e. The Bertz CT molecular complexity index is 724. The van der Waals surface area contributed by atoms with Crippen molar-refractivity contribution in [3.8, 4) is 0 Å². The number of anilines is 1. The summed E-state index contributed by atoms with van der Waals surface area (Å²) >= 11 is 0. The first-order valence-electron chi connectivity index (χ1n) is 7.35. The second-order valence-corrected chi connectivity index (χ2v) is 5.58. The van der Waals surface area contributed by atoms with Gasteiger partial charge in [-0.25, -0.2) is 0 Å². The Balaban J connectivity index is 1.83. The van der Waals surface area contributed by atoms with Crippen molar-refractivity contribution in [3.63, 3.8) is 0 Å². The molecule has 1 saturated heterocycles. The van der Waals surface area contributed by atoms with E-state index in [2.05, 4.69) is 11.9 Å². The molecule has 1 fully saturated rings. The Morgan fingerprint density at radius 1 is 1.22 bits per heavy atom. The first kappa shape index (κ1) is 15.0. The molecular formula is C17H17N3O3. The zero-order chi connectivity index (χ0) is 16.6. The monoisotopic (exact) mass is 311 g/mol. The van der Waals surface area contributed by atoms with Crippen molar-refractivity contribution < 1.29 is 14.4 Å². The van der Waals surface area contributed by atoms with Crippen molar-refractivity contribution in [2.24, 2.45) is 0 Å². The lowest BCUT2D eigenvalue weighted by molar-refractivity contribution is -0.146. The zero-order valence-corrected chi connectivity index (χ0v) is 12.8. The van der Waals surface area contributed by atoms with Crippen LogP contribution < -0.4 is 10.2 Å². The fourth-order valence-corrected chi connectivity index (χ4v) is 2.81. The van der Waals surface area contributed by atoms with Crippen LogP contribution in [0.1, 0.15) is 12.8 Å². The molecule has 0 spiro atoms. The molecule has 23 heavy (non-hydrogen) atoms. The van der Waals surface area contributed by atoms with Crippen LogP contribution in [0.4, 0.5) is 5.69 Å². The maximum atomic E-state index is 12.6. The van der Waals surface area contributed by atoms with Crippen molar-refractivity contribution in [2.45, 2.75) is 18.9 Å². The molecule has 0 radical (unpaired) electrons. The molecule has 1 atom stereocenters. The van der Waals surface area contributed by atoms with Gasteiger partial charge in [0.05, 0.1) is 0 Å². The van der Waals surface area contributed by atoms with E-state index in [0.717, 1.165) is 10.6 Å². The number of amides is 3. The van der Waals surface area contributed by atoms with Crippen molar-refractivity contribution in [1.82, 2.24) is 10.2 Å². The van der Waals surface area contributed by atoms with E-state index in [-0.39, 0.29) is 11.6 Å². The highest BCUT2D eigenvalue weighted by Crippen LogP contribution is 2.26. The van der Waals surface area contributed by atoms with Crippen molar-refractivity contribution in [1.29, 1.82) is 0 Å². The number of hydrogen-bond acceptors (Lipinski definition) is 4. The standard InChI is InChI=1S/C17H17N3O3/c1-11-8-9-13(16(22)18-11)20-15(21)10-14(17(20)23)19(2)12-6-4-3-5-7-12/h3-7,10,13H,1,8-9H2,2H3,(H,18,22). The summed E-state index contributed by atoms with van der Waals surface area (Å²) in [6.45, 7) is 3.70. The molecule has 2 aliphatic rings. The highest BCUT2D eigenvalue weighted by atomic mass is 16.2. The fraction of sp³-hybridized carbons (Fsp3) is 0.235. The Kier molecular flexibility index (Phi) is 3.73. The zero-order valence-electron chi connectivity index (χ0n) is 12.8. The number of benzene rings is 1. The molecule has 0 aliphatic carbocycles. The molecule has 118 valence electrons. The van der Waals surface area contributed by atoms with E-state index in [4.69, 9.17) is 0 Å². The van der Waals surface area contributed by atoms with Crippen LogP contribution in [-0.2, 0) is 14.4 Å². The third-order valence-corrected chi connectivity index (χ3v) is 4.07. The number of nitrogens with one attached hydrogen (secondary N) is 1. The highest BCUT2D eigenvalue weighted by Gasteiger charge is 2.42. The number of nitrogens with zero attached hydrogens (tertiary/aromatic N) is 2. The van der Waals surface area contributed by atoms with Crippen LogP contribution in [0.3, 0.4) is 0 Å². The van der Waals surface area contributed by atoms with Crippen LogP contribution in [0.5, 0.6) is 0 Å². The first-order chi connectivity index (χ1) is 11.0. The number of rotatable bonds is 3. The third-order valence-electron chi connectivity index (χ3n) is 4.07. The lowest BCUT2D eigenvalue weighted by Gasteiger charge is -2.30. The summed E-state index contributed by atoms with van der Waals surface area (Å²) in [4.78, 5) is 39.7. The molecule has 2 aliphatic heterocycles. The number of carbonyl (C=O) groups excluding carboxylic acids is 3. The van der Waals surface area contributed by atoms with E-state index in [1.807, 2.05) is 30.3 Å². The van der Waals surface area contributed by atoms with E-state index in [0.29, 0.717) is 18.5 Å². The molecule has 3 rings (SSSR count). The smallest absolute Gasteiger partial charge is 0.278 e. The summed E-state index contributed by atoms with van der Waals surface area (Å²) in [5.41, 5.74) is 1.67. The SMILES string of the molecule is C=C1CCC(N2C(=O)C=C(N(C)c3ccccc3)C2=O)C(=O)N1. The predicted octanol–water partition coefficient (Wildman–Crippen LogP) is 1.17. The highest BCUT2D eigenvalue weighted by molar-refractivity contribution is 6.19. The topological polar surface area (TPSA) is 69.7 Å². The number of piperidine rings is 1. The van der Waals surface area contributed by atoms with Gasteiger partial charge in [-0.05, 0) is 25.0 Å². The van der Waals surface area contributed by atoms with Crippen molar-refractivity contribution in [2.75, 3.05) is 11.9 Å². The van der Waals surface area contributed by atoms with Crippen molar-refractivity contribution in [3.05, 3.63) is 54.4 Å². The van der Waals surface area contributed by atoms with Crippen LogP contribution >= 0.6 is 0 Å². The van der Waals surface area contributed by atoms with Gasteiger partial charge in [-0.1, -0.05) is 24.8 Å². The minimum atomic E-state index is -0.779. The molecule has 0 aromatic heterocycles.